The maximum absolute atomic E-state index is 12.4. The SMILES string of the molecule is O=C(NCCc1ccncc1)c1cnc2c(c1)ncn2Cc1cccnc1. The summed E-state index contributed by atoms with van der Waals surface area (Å²) in [6, 6.07) is 9.55. The van der Waals surface area contributed by atoms with Crippen LogP contribution in [0.25, 0.3) is 11.2 Å². The first kappa shape index (κ1) is 16.8. The van der Waals surface area contributed by atoms with Gasteiger partial charge in [0.15, 0.2) is 5.65 Å². The van der Waals surface area contributed by atoms with E-state index in [1.807, 2.05) is 35.0 Å². The van der Waals surface area contributed by atoms with Crippen LogP contribution >= 0.6 is 0 Å². The summed E-state index contributed by atoms with van der Waals surface area (Å²) in [4.78, 5) is 29.3. The Balaban J connectivity index is 1.43. The Hall–Kier alpha value is -3.61. The Morgan fingerprint density at radius 1 is 1.00 bits per heavy atom. The van der Waals surface area contributed by atoms with Gasteiger partial charge in [-0.05, 0) is 41.8 Å². The van der Waals surface area contributed by atoms with Gasteiger partial charge in [0, 0.05) is 37.5 Å². The van der Waals surface area contributed by atoms with E-state index in [0.29, 0.717) is 24.2 Å². The highest BCUT2D eigenvalue weighted by molar-refractivity contribution is 5.96. The van der Waals surface area contributed by atoms with Gasteiger partial charge in [0.25, 0.3) is 5.91 Å². The number of pyridine rings is 3. The van der Waals surface area contributed by atoms with Crippen molar-refractivity contribution in [3.05, 3.63) is 84.3 Å². The Morgan fingerprint density at radius 2 is 1.89 bits per heavy atom. The minimum Gasteiger partial charge on any atom is -0.352 e. The number of fused-ring (bicyclic) bond motifs is 1. The molecule has 0 aromatic carbocycles. The molecule has 0 atom stereocenters. The highest BCUT2D eigenvalue weighted by atomic mass is 16.1. The van der Waals surface area contributed by atoms with Crippen molar-refractivity contribution in [3.8, 4) is 0 Å². The van der Waals surface area contributed by atoms with Gasteiger partial charge in [-0.3, -0.25) is 14.8 Å². The third-order valence-corrected chi connectivity index (χ3v) is 4.24. The number of amides is 1. The van der Waals surface area contributed by atoms with Gasteiger partial charge in [-0.2, -0.15) is 0 Å². The van der Waals surface area contributed by atoms with E-state index in [4.69, 9.17) is 0 Å². The fourth-order valence-electron chi connectivity index (χ4n) is 2.85. The van der Waals surface area contributed by atoms with Crippen LogP contribution < -0.4 is 5.32 Å². The fraction of sp³-hybridized carbons (Fsp3) is 0.150. The van der Waals surface area contributed by atoms with Crippen molar-refractivity contribution in [2.75, 3.05) is 6.54 Å². The molecule has 7 nitrogen and oxygen atoms in total. The van der Waals surface area contributed by atoms with Gasteiger partial charge in [0.1, 0.15) is 5.52 Å². The highest BCUT2D eigenvalue weighted by Crippen LogP contribution is 2.14. The molecule has 4 aromatic heterocycles. The van der Waals surface area contributed by atoms with Crippen LogP contribution in [0.2, 0.25) is 0 Å². The van der Waals surface area contributed by atoms with Crippen molar-refractivity contribution in [1.82, 2.24) is 29.8 Å². The largest absolute Gasteiger partial charge is 0.352 e. The minimum absolute atomic E-state index is 0.153. The van der Waals surface area contributed by atoms with Crippen LogP contribution in [0, 0.1) is 0 Å². The molecule has 0 aliphatic heterocycles. The molecule has 1 amide bonds. The summed E-state index contributed by atoms with van der Waals surface area (Å²) in [6.45, 7) is 1.19. The van der Waals surface area contributed by atoms with E-state index in [1.54, 1.807) is 37.2 Å². The first-order valence-electron chi connectivity index (χ1n) is 8.66. The number of nitrogens with one attached hydrogen (secondary N) is 1. The van der Waals surface area contributed by atoms with E-state index in [9.17, 15) is 4.79 Å². The molecular formula is C20H18N6O. The van der Waals surface area contributed by atoms with E-state index in [-0.39, 0.29) is 5.91 Å². The second-order valence-electron chi connectivity index (χ2n) is 6.16. The molecule has 0 spiro atoms. The summed E-state index contributed by atoms with van der Waals surface area (Å²) in [7, 11) is 0. The molecule has 134 valence electrons. The van der Waals surface area contributed by atoms with Gasteiger partial charge < -0.3 is 9.88 Å². The van der Waals surface area contributed by atoms with Gasteiger partial charge in [0.05, 0.1) is 18.4 Å². The average molecular weight is 358 g/mol. The first-order chi connectivity index (χ1) is 13.3. The van der Waals surface area contributed by atoms with Gasteiger partial charge >= 0.3 is 0 Å². The Labute approximate surface area is 156 Å². The lowest BCUT2D eigenvalue weighted by Crippen LogP contribution is -2.25. The molecule has 0 radical (unpaired) electrons. The van der Waals surface area contributed by atoms with Crippen LogP contribution in [-0.2, 0) is 13.0 Å². The lowest BCUT2D eigenvalue weighted by Gasteiger charge is -2.06. The minimum atomic E-state index is -0.153. The van der Waals surface area contributed by atoms with E-state index < -0.39 is 0 Å². The topological polar surface area (TPSA) is 85.6 Å². The van der Waals surface area contributed by atoms with Gasteiger partial charge in [-0.25, -0.2) is 9.97 Å². The monoisotopic (exact) mass is 358 g/mol. The number of nitrogens with zero attached hydrogens (tertiary/aromatic N) is 5. The van der Waals surface area contributed by atoms with Crippen LogP contribution in [0.5, 0.6) is 0 Å². The molecule has 4 rings (SSSR count). The third-order valence-electron chi connectivity index (χ3n) is 4.24. The predicted molar refractivity (Wildman–Crippen MR) is 101 cm³/mol. The van der Waals surface area contributed by atoms with Crippen LogP contribution in [0.3, 0.4) is 0 Å². The number of aromatic nitrogens is 5. The zero-order valence-corrected chi connectivity index (χ0v) is 14.6. The number of carbonyl (C=O) groups excluding carboxylic acids is 1. The molecule has 7 heteroatoms. The Morgan fingerprint density at radius 3 is 2.70 bits per heavy atom. The van der Waals surface area contributed by atoms with E-state index in [1.165, 1.54) is 0 Å². The molecule has 0 aliphatic carbocycles. The molecule has 4 aromatic rings. The molecule has 0 saturated heterocycles. The van der Waals surface area contributed by atoms with Gasteiger partial charge in [-0.1, -0.05) is 6.07 Å². The lowest BCUT2D eigenvalue weighted by molar-refractivity contribution is 0.0954. The predicted octanol–water partition coefficient (Wildman–Crippen LogP) is 2.24. The zero-order chi connectivity index (χ0) is 18.5. The Bertz CT molecular complexity index is 1050. The van der Waals surface area contributed by atoms with Gasteiger partial charge in [0.2, 0.25) is 0 Å². The molecule has 0 fully saturated rings. The second-order valence-corrected chi connectivity index (χ2v) is 6.16. The van der Waals surface area contributed by atoms with Crippen molar-refractivity contribution < 1.29 is 4.79 Å². The maximum Gasteiger partial charge on any atom is 0.252 e. The van der Waals surface area contributed by atoms with Crippen molar-refractivity contribution in [2.24, 2.45) is 0 Å². The van der Waals surface area contributed by atoms with Crippen LogP contribution in [0.1, 0.15) is 21.5 Å². The number of rotatable bonds is 6. The van der Waals surface area contributed by atoms with Crippen molar-refractivity contribution in [3.63, 3.8) is 0 Å². The summed E-state index contributed by atoms with van der Waals surface area (Å²) in [5.74, 6) is -0.153. The molecule has 0 saturated carbocycles. The first-order valence-corrected chi connectivity index (χ1v) is 8.66. The summed E-state index contributed by atoms with van der Waals surface area (Å²) in [5, 5.41) is 2.92. The molecule has 0 unspecified atom stereocenters. The number of carbonyl (C=O) groups is 1. The number of hydrogen-bond acceptors (Lipinski definition) is 5. The van der Waals surface area contributed by atoms with Crippen molar-refractivity contribution >= 4 is 17.1 Å². The molecular weight excluding hydrogens is 340 g/mol. The maximum atomic E-state index is 12.4. The average Bonchev–Trinajstić information content (AvgIpc) is 3.11. The Kier molecular flexibility index (Phi) is 4.82. The fourth-order valence-corrected chi connectivity index (χ4v) is 2.85. The highest BCUT2D eigenvalue weighted by Gasteiger charge is 2.10. The molecule has 0 bridgehead atoms. The summed E-state index contributed by atoms with van der Waals surface area (Å²) in [6.07, 6.45) is 11.1. The lowest BCUT2D eigenvalue weighted by atomic mass is 10.2. The summed E-state index contributed by atoms with van der Waals surface area (Å²) < 4.78 is 1.94. The van der Waals surface area contributed by atoms with E-state index in [2.05, 4.69) is 25.3 Å². The number of hydrogen-bond donors (Lipinski definition) is 1. The number of imidazole rings is 1. The van der Waals surface area contributed by atoms with E-state index >= 15 is 0 Å². The second kappa shape index (κ2) is 7.74. The standard InChI is InChI=1S/C20H18N6O/c27-20(23-9-5-15-3-7-21-8-4-15)17-10-18-19(24-12-17)26(14-25-18)13-16-2-1-6-22-11-16/h1-4,6-8,10-12,14H,5,9,13H2,(H,23,27). The van der Waals surface area contributed by atoms with Crippen LogP contribution in [0.15, 0.2) is 67.6 Å². The van der Waals surface area contributed by atoms with Crippen LogP contribution in [-0.4, -0.2) is 37.0 Å². The van der Waals surface area contributed by atoms with E-state index in [0.717, 1.165) is 23.2 Å². The molecule has 4 heterocycles. The molecule has 27 heavy (non-hydrogen) atoms. The van der Waals surface area contributed by atoms with Crippen LogP contribution in [0.4, 0.5) is 0 Å². The smallest absolute Gasteiger partial charge is 0.252 e. The van der Waals surface area contributed by atoms with Crippen molar-refractivity contribution in [2.45, 2.75) is 13.0 Å². The zero-order valence-electron chi connectivity index (χ0n) is 14.6. The third kappa shape index (κ3) is 3.98. The summed E-state index contributed by atoms with van der Waals surface area (Å²) >= 11 is 0. The van der Waals surface area contributed by atoms with Gasteiger partial charge in [-0.15, -0.1) is 0 Å². The quantitative estimate of drug-likeness (QED) is 0.571. The molecule has 0 aliphatic rings. The van der Waals surface area contributed by atoms with Crippen molar-refractivity contribution in [1.29, 1.82) is 0 Å². The molecule has 1 N–H and O–H groups in total. The summed E-state index contributed by atoms with van der Waals surface area (Å²) in [5.41, 5.74) is 4.14. The normalized spacial score (nSPS) is 10.8.